The van der Waals surface area contributed by atoms with Crippen LogP contribution in [0.4, 0.5) is 5.69 Å². The van der Waals surface area contributed by atoms with E-state index in [-0.39, 0.29) is 23.9 Å². The molecule has 2 aromatic carbocycles. The Labute approximate surface area is 201 Å². The van der Waals surface area contributed by atoms with Gasteiger partial charge in [-0.1, -0.05) is 29.8 Å². The second-order valence-corrected chi connectivity index (χ2v) is 9.65. The van der Waals surface area contributed by atoms with Crippen LogP contribution in [-0.2, 0) is 0 Å². The summed E-state index contributed by atoms with van der Waals surface area (Å²) in [5, 5.41) is 3.69. The van der Waals surface area contributed by atoms with E-state index in [1.807, 2.05) is 36.2 Å². The number of rotatable bonds is 5. The van der Waals surface area contributed by atoms with Gasteiger partial charge in [-0.05, 0) is 76.2 Å². The van der Waals surface area contributed by atoms with Gasteiger partial charge < -0.3 is 20.0 Å². The summed E-state index contributed by atoms with van der Waals surface area (Å²) in [6, 6.07) is 15.3. The van der Waals surface area contributed by atoms with Gasteiger partial charge >= 0.3 is 0 Å². The lowest BCUT2D eigenvalue weighted by atomic mass is 10.0. The number of nitrogens with zero attached hydrogens (tertiary/aromatic N) is 3. The van der Waals surface area contributed by atoms with E-state index in [4.69, 9.17) is 11.6 Å². The Morgan fingerprint density at radius 2 is 1.67 bits per heavy atom. The fourth-order valence-electron chi connectivity index (χ4n) is 4.83. The summed E-state index contributed by atoms with van der Waals surface area (Å²) in [4.78, 5) is 32.5. The minimum atomic E-state index is -0.0914. The van der Waals surface area contributed by atoms with Crippen LogP contribution in [0.1, 0.15) is 46.4 Å². The normalized spacial score (nSPS) is 18.2. The zero-order chi connectivity index (χ0) is 23.4. The van der Waals surface area contributed by atoms with E-state index >= 15 is 0 Å². The summed E-state index contributed by atoms with van der Waals surface area (Å²) in [6.07, 6.45) is 3.69. The van der Waals surface area contributed by atoms with Gasteiger partial charge in [0.1, 0.15) is 0 Å². The number of carbonyl (C=O) groups is 2. The molecule has 2 amide bonds. The molecule has 0 bridgehead atoms. The van der Waals surface area contributed by atoms with Crippen molar-refractivity contribution in [2.45, 2.75) is 37.8 Å². The van der Waals surface area contributed by atoms with Gasteiger partial charge in [0.25, 0.3) is 11.8 Å². The number of amides is 2. The summed E-state index contributed by atoms with van der Waals surface area (Å²) < 4.78 is 0. The predicted octanol–water partition coefficient (Wildman–Crippen LogP) is 3.91. The van der Waals surface area contributed by atoms with Crippen LogP contribution < -0.4 is 10.2 Å². The molecular weight excluding hydrogens is 436 g/mol. The van der Waals surface area contributed by atoms with Gasteiger partial charge in [-0.25, -0.2) is 0 Å². The molecule has 2 heterocycles. The molecule has 0 radical (unpaired) electrons. The largest absolute Gasteiger partial charge is 0.371 e. The second kappa shape index (κ2) is 10.6. The fourth-order valence-corrected chi connectivity index (χ4v) is 5.02. The van der Waals surface area contributed by atoms with Crippen LogP contribution in [-0.4, -0.2) is 74.0 Å². The first-order chi connectivity index (χ1) is 15.9. The monoisotopic (exact) mass is 468 g/mol. The van der Waals surface area contributed by atoms with Crippen molar-refractivity contribution in [3.05, 3.63) is 64.7 Å². The summed E-state index contributed by atoms with van der Waals surface area (Å²) >= 11 is 6.02. The standard InChI is InChI=1S/C26H33ClN4O2/c1-29-14-12-22(13-15-29)30(2)26(33)23-8-3-4-9-24(23)31-16-10-21(11-17-31)28-25(32)19-6-5-7-20(27)18-19/h3-9,18,21-22H,10-17H2,1-2H3,(H,28,32). The fraction of sp³-hybridized carbons (Fsp3) is 0.462. The van der Waals surface area contributed by atoms with Crippen molar-refractivity contribution in [2.24, 2.45) is 0 Å². The molecule has 2 aliphatic heterocycles. The van der Waals surface area contributed by atoms with Crippen LogP contribution in [0.5, 0.6) is 0 Å². The highest BCUT2D eigenvalue weighted by Crippen LogP contribution is 2.27. The maximum atomic E-state index is 13.4. The van der Waals surface area contributed by atoms with E-state index < -0.39 is 0 Å². The predicted molar refractivity (Wildman–Crippen MR) is 133 cm³/mol. The van der Waals surface area contributed by atoms with E-state index in [1.54, 1.807) is 24.3 Å². The lowest BCUT2D eigenvalue weighted by molar-refractivity contribution is 0.0660. The average molecular weight is 469 g/mol. The van der Waals surface area contributed by atoms with Crippen LogP contribution >= 0.6 is 11.6 Å². The molecule has 0 unspecified atom stereocenters. The molecular formula is C26H33ClN4O2. The Morgan fingerprint density at radius 1 is 0.970 bits per heavy atom. The number of para-hydroxylation sites is 1. The van der Waals surface area contributed by atoms with Crippen LogP contribution in [0.2, 0.25) is 5.02 Å². The molecule has 2 fully saturated rings. The Bertz CT molecular complexity index is 982. The summed E-state index contributed by atoms with van der Waals surface area (Å²) in [5.41, 5.74) is 2.33. The highest BCUT2D eigenvalue weighted by Gasteiger charge is 2.28. The third kappa shape index (κ3) is 5.68. The molecule has 0 aliphatic carbocycles. The van der Waals surface area contributed by atoms with Crippen molar-refractivity contribution in [3.63, 3.8) is 0 Å². The number of hydrogen-bond donors (Lipinski definition) is 1. The van der Waals surface area contributed by atoms with Crippen LogP contribution in [0.3, 0.4) is 0 Å². The summed E-state index contributed by atoms with van der Waals surface area (Å²) in [7, 11) is 4.07. The Hall–Kier alpha value is -2.57. The first-order valence-corrected chi connectivity index (χ1v) is 12.2. The zero-order valence-corrected chi connectivity index (χ0v) is 20.2. The minimum absolute atomic E-state index is 0.0914. The topological polar surface area (TPSA) is 55.9 Å². The Kier molecular flexibility index (Phi) is 7.56. The van der Waals surface area contributed by atoms with E-state index in [0.717, 1.165) is 63.1 Å². The van der Waals surface area contributed by atoms with Gasteiger partial charge in [-0.2, -0.15) is 0 Å². The molecule has 33 heavy (non-hydrogen) atoms. The molecule has 2 aliphatic rings. The lowest BCUT2D eigenvalue weighted by Crippen LogP contribution is -2.46. The maximum absolute atomic E-state index is 13.4. The number of carbonyl (C=O) groups excluding carboxylic acids is 2. The van der Waals surface area contributed by atoms with E-state index in [2.05, 4.69) is 22.2 Å². The van der Waals surface area contributed by atoms with Gasteiger partial charge in [0.2, 0.25) is 0 Å². The van der Waals surface area contributed by atoms with Crippen molar-refractivity contribution < 1.29 is 9.59 Å². The summed E-state index contributed by atoms with van der Waals surface area (Å²) in [5.74, 6) is 0.00261. The van der Waals surface area contributed by atoms with Crippen molar-refractivity contribution >= 4 is 29.1 Å². The zero-order valence-electron chi connectivity index (χ0n) is 19.5. The van der Waals surface area contributed by atoms with Crippen molar-refractivity contribution in [1.82, 2.24) is 15.1 Å². The van der Waals surface area contributed by atoms with Crippen LogP contribution in [0.15, 0.2) is 48.5 Å². The number of likely N-dealkylation sites (tertiary alicyclic amines) is 1. The molecule has 2 aromatic rings. The van der Waals surface area contributed by atoms with Crippen molar-refractivity contribution in [1.29, 1.82) is 0 Å². The van der Waals surface area contributed by atoms with Gasteiger partial charge in [0, 0.05) is 48.5 Å². The number of benzene rings is 2. The van der Waals surface area contributed by atoms with Crippen molar-refractivity contribution in [3.8, 4) is 0 Å². The van der Waals surface area contributed by atoms with Crippen LogP contribution in [0.25, 0.3) is 0 Å². The molecule has 176 valence electrons. The second-order valence-electron chi connectivity index (χ2n) is 9.21. The molecule has 4 rings (SSSR count). The minimum Gasteiger partial charge on any atom is -0.371 e. The third-order valence-electron chi connectivity index (χ3n) is 6.95. The molecule has 0 saturated carbocycles. The van der Waals surface area contributed by atoms with Crippen LogP contribution in [0, 0.1) is 0 Å². The van der Waals surface area contributed by atoms with E-state index in [9.17, 15) is 9.59 Å². The molecule has 1 N–H and O–H groups in total. The summed E-state index contributed by atoms with van der Waals surface area (Å²) in [6.45, 7) is 3.64. The van der Waals surface area contributed by atoms with Gasteiger partial charge in [0.05, 0.1) is 5.56 Å². The molecule has 0 atom stereocenters. The number of nitrogens with one attached hydrogen (secondary N) is 1. The Morgan fingerprint density at radius 3 is 2.36 bits per heavy atom. The first kappa shape index (κ1) is 23.6. The molecule has 2 saturated heterocycles. The quantitative estimate of drug-likeness (QED) is 0.723. The van der Waals surface area contributed by atoms with E-state index in [1.165, 1.54) is 0 Å². The number of halogens is 1. The Balaban J connectivity index is 1.38. The molecule has 7 heteroatoms. The molecule has 0 spiro atoms. The third-order valence-corrected chi connectivity index (χ3v) is 7.18. The number of anilines is 1. The van der Waals surface area contributed by atoms with Gasteiger partial charge in [-0.3, -0.25) is 9.59 Å². The van der Waals surface area contributed by atoms with Gasteiger partial charge in [0.15, 0.2) is 0 Å². The molecule has 6 nitrogen and oxygen atoms in total. The van der Waals surface area contributed by atoms with Crippen molar-refractivity contribution in [2.75, 3.05) is 45.2 Å². The van der Waals surface area contributed by atoms with E-state index in [0.29, 0.717) is 10.6 Å². The first-order valence-electron chi connectivity index (χ1n) is 11.8. The average Bonchev–Trinajstić information content (AvgIpc) is 2.84. The number of hydrogen-bond acceptors (Lipinski definition) is 4. The van der Waals surface area contributed by atoms with Gasteiger partial charge in [-0.15, -0.1) is 0 Å². The lowest BCUT2D eigenvalue weighted by Gasteiger charge is -2.37. The smallest absolute Gasteiger partial charge is 0.255 e. The highest BCUT2D eigenvalue weighted by molar-refractivity contribution is 6.30. The SMILES string of the molecule is CN1CCC(N(C)C(=O)c2ccccc2N2CCC(NC(=O)c3cccc(Cl)c3)CC2)CC1. The number of piperidine rings is 2. The maximum Gasteiger partial charge on any atom is 0.255 e. The highest BCUT2D eigenvalue weighted by atomic mass is 35.5. The molecule has 0 aromatic heterocycles.